The van der Waals surface area contributed by atoms with Crippen molar-refractivity contribution in [2.75, 3.05) is 13.2 Å². The maximum absolute atomic E-state index is 12.7. The summed E-state index contributed by atoms with van der Waals surface area (Å²) in [6.45, 7) is 5.54. The molecule has 1 fully saturated rings. The Labute approximate surface area is 153 Å². The maximum Gasteiger partial charge on any atom is 0.242 e. The summed E-state index contributed by atoms with van der Waals surface area (Å²) < 4.78 is 13.6. The lowest BCUT2D eigenvalue weighted by molar-refractivity contribution is -0.123. The van der Waals surface area contributed by atoms with E-state index in [1.165, 1.54) is 0 Å². The molecule has 1 spiro atoms. The number of para-hydroxylation sites is 1. The fourth-order valence-electron chi connectivity index (χ4n) is 4.01. The van der Waals surface area contributed by atoms with Gasteiger partial charge in [0.1, 0.15) is 17.9 Å². The summed E-state index contributed by atoms with van der Waals surface area (Å²) in [7, 11) is 0. The van der Waals surface area contributed by atoms with Gasteiger partial charge in [-0.2, -0.15) is 5.10 Å². The molecule has 2 aliphatic heterocycles. The topological polar surface area (TPSA) is 65.4 Å². The number of aryl methyl sites for hydroxylation is 2. The lowest BCUT2D eigenvalue weighted by atomic mass is 9.82. The number of nitrogens with one attached hydrogen (secondary N) is 1. The van der Waals surface area contributed by atoms with Crippen LogP contribution in [0.5, 0.6) is 5.75 Å². The molecule has 1 N–H and O–H groups in total. The lowest BCUT2D eigenvalue weighted by Crippen LogP contribution is -2.49. The molecular weight excluding hydrogens is 330 g/mol. The Bertz CT molecular complexity index is 808. The largest absolute Gasteiger partial charge is 0.487 e. The van der Waals surface area contributed by atoms with E-state index in [4.69, 9.17) is 9.47 Å². The van der Waals surface area contributed by atoms with Gasteiger partial charge in [0.2, 0.25) is 5.91 Å². The second kappa shape index (κ2) is 6.76. The molecule has 1 saturated heterocycles. The van der Waals surface area contributed by atoms with Crippen molar-refractivity contribution in [3.8, 4) is 5.75 Å². The monoisotopic (exact) mass is 355 g/mol. The number of amides is 1. The fraction of sp³-hybridized carbons (Fsp3) is 0.500. The SMILES string of the molecule is Cc1cc(C)n(CC(=O)NC2CC3(CCOCC3)Oc3ccccc32)n1. The van der Waals surface area contributed by atoms with Crippen LogP contribution >= 0.6 is 0 Å². The molecule has 0 bridgehead atoms. The predicted molar refractivity (Wildman–Crippen MR) is 97.1 cm³/mol. The van der Waals surface area contributed by atoms with Crippen LogP contribution in [0.15, 0.2) is 30.3 Å². The predicted octanol–water partition coefficient (Wildman–Crippen LogP) is 2.69. The summed E-state index contributed by atoms with van der Waals surface area (Å²) in [6, 6.07) is 9.92. The normalized spacial score (nSPS) is 21.1. The summed E-state index contributed by atoms with van der Waals surface area (Å²) in [5.41, 5.74) is 2.72. The molecule has 138 valence electrons. The number of carbonyl (C=O) groups is 1. The summed E-state index contributed by atoms with van der Waals surface area (Å²) in [5, 5.41) is 7.60. The van der Waals surface area contributed by atoms with Gasteiger partial charge >= 0.3 is 0 Å². The number of benzene rings is 1. The third-order valence-electron chi connectivity index (χ3n) is 5.33. The number of hydrogen-bond acceptors (Lipinski definition) is 4. The number of nitrogens with zero attached hydrogens (tertiary/aromatic N) is 2. The van der Waals surface area contributed by atoms with Crippen LogP contribution in [0.4, 0.5) is 0 Å². The molecule has 1 aromatic heterocycles. The standard InChI is InChI=1S/C20H25N3O3/c1-14-11-15(2)23(22-14)13-19(24)21-17-12-20(7-9-25-10-8-20)26-18-6-4-3-5-16(17)18/h3-6,11,17H,7-10,12-13H2,1-2H3,(H,21,24). The van der Waals surface area contributed by atoms with E-state index in [0.717, 1.165) is 42.0 Å². The summed E-state index contributed by atoms with van der Waals surface area (Å²) in [4.78, 5) is 12.7. The number of ether oxygens (including phenoxy) is 2. The minimum absolute atomic E-state index is 0.0277. The van der Waals surface area contributed by atoms with Crippen molar-refractivity contribution in [3.63, 3.8) is 0 Å². The minimum Gasteiger partial charge on any atom is -0.487 e. The Morgan fingerprint density at radius 2 is 2.08 bits per heavy atom. The van der Waals surface area contributed by atoms with Crippen LogP contribution in [0.1, 0.15) is 42.3 Å². The van der Waals surface area contributed by atoms with Crippen LogP contribution in [0.2, 0.25) is 0 Å². The summed E-state index contributed by atoms with van der Waals surface area (Å²) >= 11 is 0. The quantitative estimate of drug-likeness (QED) is 0.919. The van der Waals surface area contributed by atoms with Crippen LogP contribution in [-0.2, 0) is 16.1 Å². The molecule has 26 heavy (non-hydrogen) atoms. The van der Waals surface area contributed by atoms with Crippen LogP contribution in [0, 0.1) is 13.8 Å². The first-order chi connectivity index (χ1) is 12.5. The molecule has 1 atom stereocenters. The van der Waals surface area contributed by atoms with Crippen molar-refractivity contribution in [3.05, 3.63) is 47.3 Å². The van der Waals surface area contributed by atoms with Crippen molar-refractivity contribution in [1.82, 2.24) is 15.1 Å². The van der Waals surface area contributed by atoms with Gasteiger partial charge in [0, 0.05) is 30.5 Å². The van der Waals surface area contributed by atoms with Gasteiger partial charge in [-0.25, -0.2) is 0 Å². The molecule has 2 aliphatic rings. The molecule has 0 aliphatic carbocycles. The van der Waals surface area contributed by atoms with Crippen molar-refractivity contribution >= 4 is 5.91 Å². The van der Waals surface area contributed by atoms with Gasteiger partial charge in [0.25, 0.3) is 0 Å². The molecule has 1 aromatic carbocycles. The smallest absolute Gasteiger partial charge is 0.242 e. The average molecular weight is 355 g/mol. The zero-order chi connectivity index (χ0) is 18.1. The van der Waals surface area contributed by atoms with Gasteiger partial charge in [-0.05, 0) is 26.0 Å². The van der Waals surface area contributed by atoms with E-state index in [2.05, 4.69) is 10.4 Å². The van der Waals surface area contributed by atoms with Gasteiger partial charge < -0.3 is 14.8 Å². The Morgan fingerprint density at radius 1 is 1.31 bits per heavy atom. The van der Waals surface area contributed by atoms with E-state index in [-0.39, 0.29) is 24.1 Å². The van der Waals surface area contributed by atoms with E-state index in [1.54, 1.807) is 4.68 Å². The molecule has 0 saturated carbocycles. The van der Waals surface area contributed by atoms with Crippen LogP contribution in [0.3, 0.4) is 0 Å². The Kier molecular flexibility index (Phi) is 4.44. The molecular formula is C20H25N3O3. The van der Waals surface area contributed by atoms with Gasteiger partial charge in [0.05, 0.1) is 24.9 Å². The fourth-order valence-corrected chi connectivity index (χ4v) is 4.01. The average Bonchev–Trinajstić information content (AvgIpc) is 2.92. The number of fused-ring (bicyclic) bond motifs is 1. The van der Waals surface area contributed by atoms with E-state index in [1.807, 2.05) is 44.2 Å². The highest BCUT2D eigenvalue weighted by Crippen LogP contribution is 2.43. The molecule has 4 rings (SSSR count). The molecule has 1 unspecified atom stereocenters. The second-order valence-electron chi connectivity index (χ2n) is 7.34. The van der Waals surface area contributed by atoms with E-state index < -0.39 is 0 Å². The molecule has 1 amide bonds. The minimum atomic E-state index is -0.247. The number of carbonyl (C=O) groups excluding carboxylic acids is 1. The first kappa shape index (κ1) is 17.1. The highest BCUT2D eigenvalue weighted by molar-refractivity contribution is 5.76. The molecule has 2 aromatic rings. The zero-order valence-corrected chi connectivity index (χ0v) is 15.3. The summed E-state index contributed by atoms with van der Waals surface area (Å²) in [5.74, 6) is 0.845. The molecule has 3 heterocycles. The van der Waals surface area contributed by atoms with Crippen LogP contribution < -0.4 is 10.1 Å². The zero-order valence-electron chi connectivity index (χ0n) is 15.3. The molecule has 0 radical (unpaired) electrons. The number of rotatable bonds is 3. The molecule has 6 heteroatoms. The highest BCUT2D eigenvalue weighted by atomic mass is 16.5. The highest BCUT2D eigenvalue weighted by Gasteiger charge is 2.42. The first-order valence-corrected chi connectivity index (χ1v) is 9.21. The Balaban J connectivity index is 1.54. The summed E-state index contributed by atoms with van der Waals surface area (Å²) in [6.07, 6.45) is 2.48. The van der Waals surface area contributed by atoms with Crippen LogP contribution in [0.25, 0.3) is 0 Å². The van der Waals surface area contributed by atoms with Crippen LogP contribution in [-0.4, -0.2) is 34.5 Å². The maximum atomic E-state index is 12.7. The molecule has 6 nitrogen and oxygen atoms in total. The van der Waals surface area contributed by atoms with E-state index in [0.29, 0.717) is 13.2 Å². The van der Waals surface area contributed by atoms with Crippen molar-refractivity contribution < 1.29 is 14.3 Å². The van der Waals surface area contributed by atoms with Crippen molar-refractivity contribution in [2.45, 2.75) is 51.3 Å². The van der Waals surface area contributed by atoms with Gasteiger partial charge in [-0.3, -0.25) is 9.48 Å². The number of hydrogen-bond donors (Lipinski definition) is 1. The van der Waals surface area contributed by atoms with Crippen molar-refractivity contribution in [1.29, 1.82) is 0 Å². The van der Waals surface area contributed by atoms with Gasteiger partial charge in [-0.1, -0.05) is 18.2 Å². The van der Waals surface area contributed by atoms with Crippen molar-refractivity contribution in [2.24, 2.45) is 0 Å². The van der Waals surface area contributed by atoms with E-state index in [9.17, 15) is 4.79 Å². The Hall–Kier alpha value is -2.34. The van der Waals surface area contributed by atoms with E-state index >= 15 is 0 Å². The third kappa shape index (κ3) is 3.33. The Morgan fingerprint density at radius 3 is 2.81 bits per heavy atom. The third-order valence-corrected chi connectivity index (χ3v) is 5.33. The second-order valence-corrected chi connectivity index (χ2v) is 7.34. The lowest BCUT2D eigenvalue weighted by Gasteiger charge is -2.44. The van der Waals surface area contributed by atoms with Gasteiger partial charge in [0.15, 0.2) is 0 Å². The first-order valence-electron chi connectivity index (χ1n) is 9.21. The van der Waals surface area contributed by atoms with Gasteiger partial charge in [-0.15, -0.1) is 0 Å². The number of aromatic nitrogens is 2.